The summed E-state index contributed by atoms with van der Waals surface area (Å²) in [4.78, 5) is 2.38. The molecule has 2 saturated heterocycles. The first-order chi connectivity index (χ1) is 9.13. The van der Waals surface area contributed by atoms with E-state index in [-0.39, 0.29) is 6.04 Å². The largest absolute Gasteiger partial charge is 0.328 e. The van der Waals surface area contributed by atoms with Gasteiger partial charge in [-0.1, -0.05) is 12.5 Å². The van der Waals surface area contributed by atoms with Crippen LogP contribution in [0.1, 0.15) is 37.7 Å². The van der Waals surface area contributed by atoms with E-state index in [1.165, 1.54) is 12.5 Å². The topological polar surface area (TPSA) is 29.3 Å². The predicted molar refractivity (Wildman–Crippen MR) is 70.5 cm³/mol. The SMILES string of the molecule is NC1CC2CCCC(C1)N2Cc1ccc(F)cc1F. The molecule has 4 heteroatoms. The number of piperidine rings is 2. The maximum Gasteiger partial charge on any atom is 0.130 e. The Morgan fingerprint density at radius 1 is 1.16 bits per heavy atom. The molecule has 3 rings (SSSR count). The normalized spacial score (nSPS) is 31.4. The smallest absolute Gasteiger partial charge is 0.130 e. The minimum absolute atomic E-state index is 0.282. The zero-order valence-corrected chi connectivity index (χ0v) is 11.0. The van der Waals surface area contributed by atoms with Gasteiger partial charge in [0.1, 0.15) is 11.6 Å². The molecule has 2 atom stereocenters. The van der Waals surface area contributed by atoms with Gasteiger partial charge in [-0.2, -0.15) is 0 Å². The third-order valence-corrected chi connectivity index (χ3v) is 4.53. The molecule has 2 aliphatic rings. The third-order valence-electron chi connectivity index (χ3n) is 4.53. The molecule has 1 aromatic carbocycles. The van der Waals surface area contributed by atoms with E-state index in [4.69, 9.17) is 5.73 Å². The van der Waals surface area contributed by atoms with Crippen LogP contribution in [0, 0.1) is 11.6 Å². The van der Waals surface area contributed by atoms with Crippen LogP contribution in [0.25, 0.3) is 0 Å². The minimum atomic E-state index is -0.512. The monoisotopic (exact) mass is 266 g/mol. The van der Waals surface area contributed by atoms with Crippen LogP contribution in [0.3, 0.4) is 0 Å². The molecular weight excluding hydrogens is 246 g/mol. The van der Waals surface area contributed by atoms with E-state index in [0.29, 0.717) is 24.2 Å². The average molecular weight is 266 g/mol. The molecule has 2 aliphatic heterocycles. The standard InChI is InChI=1S/C15H20F2N2/c16-11-5-4-10(15(17)6-11)9-19-13-2-1-3-14(19)8-12(18)7-13/h4-6,12-14H,1-3,7-9,18H2. The van der Waals surface area contributed by atoms with Crippen LogP contribution in [0.15, 0.2) is 18.2 Å². The molecule has 0 amide bonds. The van der Waals surface area contributed by atoms with Gasteiger partial charge in [-0.15, -0.1) is 0 Å². The number of hydrogen-bond donors (Lipinski definition) is 1. The van der Waals surface area contributed by atoms with Gasteiger partial charge in [-0.3, -0.25) is 4.90 Å². The van der Waals surface area contributed by atoms with E-state index < -0.39 is 11.6 Å². The van der Waals surface area contributed by atoms with Gasteiger partial charge in [0.2, 0.25) is 0 Å². The van der Waals surface area contributed by atoms with E-state index in [2.05, 4.69) is 4.90 Å². The highest BCUT2D eigenvalue weighted by Crippen LogP contribution is 2.34. The number of benzene rings is 1. The van der Waals surface area contributed by atoms with E-state index in [0.717, 1.165) is 31.7 Å². The van der Waals surface area contributed by atoms with Crippen molar-refractivity contribution in [3.05, 3.63) is 35.4 Å². The Balaban J connectivity index is 1.78. The second-order valence-corrected chi connectivity index (χ2v) is 5.88. The summed E-state index contributed by atoms with van der Waals surface area (Å²) in [5.74, 6) is -0.949. The highest BCUT2D eigenvalue weighted by atomic mass is 19.1. The second-order valence-electron chi connectivity index (χ2n) is 5.88. The summed E-state index contributed by atoms with van der Waals surface area (Å²) < 4.78 is 26.7. The highest BCUT2D eigenvalue weighted by molar-refractivity contribution is 5.19. The van der Waals surface area contributed by atoms with Crippen molar-refractivity contribution in [2.24, 2.45) is 5.73 Å². The summed E-state index contributed by atoms with van der Waals surface area (Å²) >= 11 is 0. The van der Waals surface area contributed by atoms with Gasteiger partial charge >= 0.3 is 0 Å². The second kappa shape index (κ2) is 5.17. The summed E-state index contributed by atoms with van der Waals surface area (Å²) in [7, 11) is 0. The Labute approximate surface area is 112 Å². The summed E-state index contributed by atoms with van der Waals surface area (Å²) in [6.07, 6.45) is 5.53. The molecule has 2 unspecified atom stereocenters. The van der Waals surface area contributed by atoms with Crippen LogP contribution in [-0.2, 0) is 6.54 Å². The van der Waals surface area contributed by atoms with Crippen molar-refractivity contribution in [3.8, 4) is 0 Å². The van der Waals surface area contributed by atoms with Crippen molar-refractivity contribution in [1.29, 1.82) is 0 Å². The molecule has 2 heterocycles. The number of nitrogens with zero attached hydrogens (tertiary/aromatic N) is 1. The first-order valence-electron chi connectivity index (χ1n) is 7.09. The number of halogens is 2. The zero-order chi connectivity index (χ0) is 13.4. The first kappa shape index (κ1) is 13.0. The summed E-state index contributed by atoms with van der Waals surface area (Å²) in [6, 6.07) is 5.09. The summed E-state index contributed by atoms with van der Waals surface area (Å²) in [6.45, 7) is 0.578. The Morgan fingerprint density at radius 2 is 1.84 bits per heavy atom. The fourth-order valence-corrected chi connectivity index (χ4v) is 3.63. The number of rotatable bonds is 2. The van der Waals surface area contributed by atoms with Gasteiger partial charge in [0.15, 0.2) is 0 Å². The van der Waals surface area contributed by atoms with E-state index in [1.54, 1.807) is 6.07 Å². The van der Waals surface area contributed by atoms with Crippen LogP contribution >= 0.6 is 0 Å². The van der Waals surface area contributed by atoms with Gasteiger partial charge in [-0.25, -0.2) is 8.78 Å². The molecule has 2 nitrogen and oxygen atoms in total. The first-order valence-corrected chi connectivity index (χ1v) is 7.09. The Hall–Kier alpha value is -1.00. The zero-order valence-electron chi connectivity index (χ0n) is 11.0. The minimum Gasteiger partial charge on any atom is -0.328 e. The Kier molecular flexibility index (Phi) is 3.54. The van der Waals surface area contributed by atoms with E-state index >= 15 is 0 Å². The lowest BCUT2D eigenvalue weighted by molar-refractivity contribution is 0.0237. The van der Waals surface area contributed by atoms with Crippen LogP contribution in [0.5, 0.6) is 0 Å². The summed E-state index contributed by atoms with van der Waals surface area (Å²) in [5.41, 5.74) is 6.67. The molecule has 0 aromatic heterocycles. The lowest BCUT2D eigenvalue weighted by atomic mass is 9.82. The fraction of sp³-hybridized carbons (Fsp3) is 0.600. The molecule has 1 aromatic rings. The van der Waals surface area contributed by atoms with Crippen LogP contribution in [0.4, 0.5) is 8.78 Å². The highest BCUT2D eigenvalue weighted by Gasteiger charge is 2.37. The molecule has 0 spiro atoms. The van der Waals surface area contributed by atoms with Gasteiger partial charge in [0.25, 0.3) is 0 Å². The Bertz CT molecular complexity index is 449. The molecule has 0 saturated carbocycles. The molecule has 2 fully saturated rings. The van der Waals surface area contributed by atoms with Crippen molar-refractivity contribution in [3.63, 3.8) is 0 Å². The average Bonchev–Trinajstić information content (AvgIpc) is 2.33. The van der Waals surface area contributed by atoms with E-state index in [9.17, 15) is 8.78 Å². The number of nitrogens with two attached hydrogens (primary N) is 1. The van der Waals surface area contributed by atoms with E-state index in [1.807, 2.05) is 0 Å². The van der Waals surface area contributed by atoms with Crippen molar-refractivity contribution >= 4 is 0 Å². The Morgan fingerprint density at radius 3 is 2.47 bits per heavy atom. The van der Waals surface area contributed by atoms with Crippen molar-refractivity contribution in [1.82, 2.24) is 4.90 Å². The van der Waals surface area contributed by atoms with Crippen LogP contribution in [-0.4, -0.2) is 23.0 Å². The predicted octanol–water partition coefficient (Wildman–Crippen LogP) is 2.81. The molecule has 2 N–H and O–H groups in total. The molecule has 2 bridgehead atoms. The van der Waals surface area contributed by atoms with Crippen LogP contribution in [0.2, 0.25) is 0 Å². The van der Waals surface area contributed by atoms with Gasteiger partial charge in [-0.05, 0) is 31.7 Å². The maximum atomic E-state index is 13.8. The van der Waals surface area contributed by atoms with Crippen LogP contribution < -0.4 is 5.73 Å². The molecule has 104 valence electrons. The number of fused-ring (bicyclic) bond motifs is 2. The maximum absolute atomic E-state index is 13.8. The van der Waals surface area contributed by atoms with Crippen molar-refractivity contribution in [2.75, 3.05) is 0 Å². The lowest BCUT2D eigenvalue weighted by Gasteiger charge is -2.48. The van der Waals surface area contributed by atoms with Gasteiger partial charge in [0.05, 0.1) is 0 Å². The number of hydrogen-bond acceptors (Lipinski definition) is 2. The van der Waals surface area contributed by atoms with Crippen molar-refractivity contribution < 1.29 is 8.78 Å². The molecular formula is C15H20F2N2. The molecule has 0 radical (unpaired) electrons. The lowest BCUT2D eigenvalue weighted by Crippen LogP contribution is -2.54. The quantitative estimate of drug-likeness (QED) is 0.892. The molecule has 0 aliphatic carbocycles. The van der Waals surface area contributed by atoms with Crippen molar-refractivity contribution in [2.45, 2.75) is 56.8 Å². The van der Waals surface area contributed by atoms with Gasteiger partial charge < -0.3 is 5.73 Å². The third kappa shape index (κ3) is 2.65. The molecule has 19 heavy (non-hydrogen) atoms. The summed E-state index contributed by atoms with van der Waals surface area (Å²) in [5, 5.41) is 0. The fourth-order valence-electron chi connectivity index (χ4n) is 3.63. The van der Waals surface area contributed by atoms with Gasteiger partial charge in [0, 0.05) is 36.3 Å².